The molecule has 0 aromatic carbocycles. The molecule has 15 heavy (non-hydrogen) atoms. The number of unbranched alkanes of at least 4 members (excludes halogenated alkanes) is 1. The molecule has 0 N–H and O–H groups in total. The monoisotopic (exact) mass is 212 g/mol. The van der Waals surface area contributed by atoms with Gasteiger partial charge in [-0.15, -0.1) is 0 Å². The van der Waals surface area contributed by atoms with E-state index >= 15 is 0 Å². The van der Waals surface area contributed by atoms with Gasteiger partial charge >= 0.3 is 5.97 Å². The highest BCUT2D eigenvalue weighted by Gasteiger charge is 2.18. The van der Waals surface area contributed by atoms with Crippen LogP contribution >= 0.6 is 0 Å². The van der Waals surface area contributed by atoms with E-state index in [1.165, 1.54) is 14.2 Å². The van der Waals surface area contributed by atoms with Crippen molar-refractivity contribution in [3.63, 3.8) is 0 Å². The number of furan rings is 1. The molecular formula is C11H16O4. The second-order valence-electron chi connectivity index (χ2n) is 3.21. The minimum absolute atomic E-state index is 0.230. The van der Waals surface area contributed by atoms with E-state index in [-0.39, 0.29) is 5.95 Å². The Bertz CT molecular complexity index is 327. The fourth-order valence-corrected chi connectivity index (χ4v) is 1.30. The van der Waals surface area contributed by atoms with Crippen LogP contribution in [0, 0.1) is 0 Å². The van der Waals surface area contributed by atoms with Gasteiger partial charge in [-0.25, -0.2) is 4.79 Å². The summed E-state index contributed by atoms with van der Waals surface area (Å²) in [5.74, 6) is 0.556. The summed E-state index contributed by atoms with van der Waals surface area (Å²) in [6.45, 7) is 2.10. The summed E-state index contributed by atoms with van der Waals surface area (Å²) >= 11 is 0. The highest BCUT2D eigenvalue weighted by atomic mass is 16.6. The fourth-order valence-electron chi connectivity index (χ4n) is 1.30. The van der Waals surface area contributed by atoms with E-state index < -0.39 is 5.97 Å². The minimum Gasteiger partial charge on any atom is -0.468 e. The molecule has 1 aromatic rings. The quantitative estimate of drug-likeness (QED) is 0.703. The summed E-state index contributed by atoms with van der Waals surface area (Å²) in [5.41, 5.74) is 0.353. The van der Waals surface area contributed by atoms with Crippen LogP contribution in [0.1, 0.15) is 35.9 Å². The first kappa shape index (κ1) is 11.6. The number of methoxy groups -OCH3 is 2. The van der Waals surface area contributed by atoms with Crippen LogP contribution in [0.15, 0.2) is 10.5 Å². The van der Waals surface area contributed by atoms with Gasteiger partial charge < -0.3 is 13.9 Å². The number of hydrogen-bond acceptors (Lipinski definition) is 4. The Kier molecular flexibility index (Phi) is 4.21. The van der Waals surface area contributed by atoms with Crippen LogP contribution in [0.2, 0.25) is 0 Å². The third-order valence-electron chi connectivity index (χ3n) is 2.12. The third kappa shape index (κ3) is 2.75. The van der Waals surface area contributed by atoms with Gasteiger partial charge in [-0.05, 0) is 12.5 Å². The van der Waals surface area contributed by atoms with Crippen LogP contribution in [0.5, 0.6) is 5.95 Å². The molecule has 0 aliphatic rings. The summed E-state index contributed by atoms with van der Waals surface area (Å²) in [5, 5.41) is 0. The van der Waals surface area contributed by atoms with Crippen molar-refractivity contribution in [1.82, 2.24) is 0 Å². The molecule has 4 heteroatoms. The van der Waals surface area contributed by atoms with E-state index in [1.54, 1.807) is 6.07 Å². The number of carbonyl (C=O) groups is 1. The van der Waals surface area contributed by atoms with Crippen molar-refractivity contribution in [2.24, 2.45) is 0 Å². The number of hydrogen-bond donors (Lipinski definition) is 0. The molecule has 0 saturated carbocycles. The third-order valence-corrected chi connectivity index (χ3v) is 2.12. The van der Waals surface area contributed by atoms with Crippen LogP contribution in [0.25, 0.3) is 0 Å². The van der Waals surface area contributed by atoms with Gasteiger partial charge in [-0.1, -0.05) is 13.3 Å². The van der Waals surface area contributed by atoms with Crippen LogP contribution in [-0.4, -0.2) is 20.2 Å². The Morgan fingerprint density at radius 2 is 2.20 bits per heavy atom. The Balaban J connectivity index is 2.85. The Morgan fingerprint density at radius 1 is 1.47 bits per heavy atom. The first-order valence-corrected chi connectivity index (χ1v) is 4.98. The maximum atomic E-state index is 11.3. The van der Waals surface area contributed by atoms with Crippen molar-refractivity contribution in [2.75, 3.05) is 14.2 Å². The zero-order chi connectivity index (χ0) is 11.3. The van der Waals surface area contributed by atoms with E-state index in [0.29, 0.717) is 5.56 Å². The van der Waals surface area contributed by atoms with Crippen LogP contribution in [0.4, 0.5) is 0 Å². The molecule has 1 rings (SSSR count). The van der Waals surface area contributed by atoms with E-state index in [0.717, 1.165) is 25.0 Å². The molecule has 4 nitrogen and oxygen atoms in total. The smallest absolute Gasteiger partial charge is 0.345 e. The predicted molar refractivity (Wildman–Crippen MR) is 55.2 cm³/mol. The topological polar surface area (TPSA) is 48.7 Å². The molecule has 0 amide bonds. The molecule has 0 atom stereocenters. The largest absolute Gasteiger partial charge is 0.468 e. The summed E-state index contributed by atoms with van der Waals surface area (Å²) in [6.07, 6.45) is 2.91. The molecule has 0 aliphatic heterocycles. The van der Waals surface area contributed by atoms with Crippen molar-refractivity contribution < 1.29 is 18.7 Å². The van der Waals surface area contributed by atoms with Gasteiger partial charge in [0.1, 0.15) is 11.3 Å². The lowest BCUT2D eigenvalue weighted by atomic mass is 10.2. The predicted octanol–water partition coefficient (Wildman–Crippen LogP) is 2.42. The minimum atomic E-state index is -0.432. The van der Waals surface area contributed by atoms with Gasteiger partial charge in [0.15, 0.2) is 0 Å². The SMILES string of the molecule is CCCCc1cc(C(=O)OC)c(OC)o1. The van der Waals surface area contributed by atoms with Gasteiger partial charge in [-0.2, -0.15) is 0 Å². The number of rotatable bonds is 5. The van der Waals surface area contributed by atoms with Gasteiger partial charge in [0.2, 0.25) is 0 Å². The lowest BCUT2D eigenvalue weighted by molar-refractivity contribution is 0.0594. The first-order valence-electron chi connectivity index (χ1n) is 4.98. The van der Waals surface area contributed by atoms with Crippen molar-refractivity contribution in [3.05, 3.63) is 17.4 Å². The number of carbonyl (C=O) groups excluding carboxylic acids is 1. The van der Waals surface area contributed by atoms with E-state index in [2.05, 4.69) is 11.7 Å². The molecule has 0 spiro atoms. The fraction of sp³-hybridized carbons (Fsp3) is 0.545. The zero-order valence-corrected chi connectivity index (χ0v) is 9.33. The lowest BCUT2D eigenvalue weighted by Gasteiger charge is -1.97. The van der Waals surface area contributed by atoms with Gasteiger partial charge in [0.25, 0.3) is 5.95 Å². The average Bonchev–Trinajstić information content (AvgIpc) is 2.68. The number of aryl methyl sites for hydroxylation is 1. The van der Waals surface area contributed by atoms with Gasteiger partial charge in [-0.3, -0.25) is 0 Å². The second-order valence-corrected chi connectivity index (χ2v) is 3.21. The van der Waals surface area contributed by atoms with Crippen molar-refractivity contribution in [1.29, 1.82) is 0 Å². The van der Waals surface area contributed by atoms with E-state index in [4.69, 9.17) is 9.15 Å². The molecule has 0 saturated heterocycles. The summed E-state index contributed by atoms with van der Waals surface area (Å²) in [7, 11) is 2.80. The molecule has 0 radical (unpaired) electrons. The highest BCUT2D eigenvalue weighted by molar-refractivity contribution is 5.91. The van der Waals surface area contributed by atoms with E-state index in [1.807, 2.05) is 0 Å². The lowest BCUT2D eigenvalue weighted by Crippen LogP contribution is -2.01. The van der Waals surface area contributed by atoms with Crippen molar-refractivity contribution in [2.45, 2.75) is 26.2 Å². The molecule has 0 fully saturated rings. The average molecular weight is 212 g/mol. The molecule has 0 aliphatic carbocycles. The molecule has 1 aromatic heterocycles. The van der Waals surface area contributed by atoms with Gasteiger partial charge in [0.05, 0.1) is 14.2 Å². The van der Waals surface area contributed by atoms with Crippen LogP contribution in [-0.2, 0) is 11.2 Å². The van der Waals surface area contributed by atoms with Crippen LogP contribution < -0.4 is 4.74 Å². The molecule has 84 valence electrons. The number of esters is 1. The number of ether oxygens (including phenoxy) is 2. The maximum Gasteiger partial charge on any atom is 0.345 e. The highest BCUT2D eigenvalue weighted by Crippen LogP contribution is 2.25. The van der Waals surface area contributed by atoms with Gasteiger partial charge in [0, 0.05) is 6.42 Å². The normalized spacial score (nSPS) is 10.1. The Hall–Kier alpha value is -1.45. The van der Waals surface area contributed by atoms with Crippen LogP contribution in [0.3, 0.4) is 0 Å². The molecule has 0 bridgehead atoms. The Labute approximate surface area is 89.2 Å². The van der Waals surface area contributed by atoms with Crippen molar-refractivity contribution >= 4 is 5.97 Å². The zero-order valence-electron chi connectivity index (χ0n) is 9.33. The Morgan fingerprint density at radius 3 is 2.73 bits per heavy atom. The first-order chi connectivity index (χ1) is 7.22. The summed E-state index contributed by atoms with van der Waals surface area (Å²) < 4.78 is 14.9. The molecular weight excluding hydrogens is 196 g/mol. The second kappa shape index (κ2) is 5.44. The van der Waals surface area contributed by atoms with Crippen molar-refractivity contribution in [3.8, 4) is 5.95 Å². The molecule has 1 heterocycles. The summed E-state index contributed by atoms with van der Waals surface area (Å²) in [4.78, 5) is 11.3. The maximum absolute atomic E-state index is 11.3. The standard InChI is InChI=1S/C11H16O4/c1-4-5-6-8-7-9(10(12)13-2)11(14-3)15-8/h7H,4-6H2,1-3H3. The molecule has 0 unspecified atom stereocenters. The summed E-state index contributed by atoms with van der Waals surface area (Å²) in [6, 6.07) is 1.68. The van der Waals surface area contributed by atoms with E-state index in [9.17, 15) is 4.79 Å².